The van der Waals surface area contributed by atoms with Gasteiger partial charge < -0.3 is 10.4 Å². The van der Waals surface area contributed by atoms with E-state index in [4.69, 9.17) is 11.6 Å². The van der Waals surface area contributed by atoms with Crippen LogP contribution >= 0.6 is 11.6 Å². The van der Waals surface area contributed by atoms with Gasteiger partial charge in [-0.05, 0) is 23.3 Å². The maximum Gasteiger partial charge on any atom is 0.256 e. The Morgan fingerprint density at radius 2 is 2.00 bits per heavy atom. The van der Waals surface area contributed by atoms with Crippen LogP contribution < -0.4 is 5.32 Å². The maximum atomic E-state index is 13.8. The van der Waals surface area contributed by atoms with Crippen molar-refractivity contribution in [2.24, 2.45) is 0 Å². The molecule has 5 heteroatoms. The number of carbonyl (C=O) groups is 1. The van der Waals surface area contributed by atoms with Crippen LogP contribution in [0.4, 0.5) is 4.39 Å². The second-order valence-corrected chi connectivity index (χ2v) is 5.43. The summed E-state index contributed by atoms with van der Waals surface area (Å²) >= 11 is 5.88. The third kappa shape index (κ3) is 2.52. The Morgan fingerprint density at radius 3 is 2.76 bits per heavy atom. The van der Waals surface area contributed by atoms with Gasteiger partial charge in [0.05, 0.1) is 22.7 Å². The van der Waals surface area contributed by atoms with E-state index in [1.54, 1.807) is 0 Å². The van der Waals surface area contributed by atoms with Crippen LogP contribution in [0, 0.1) is 5.82 Å². The molecule has 0 saturated carbocycles. The maximum absolute atomic E-state index is 13.8. The molecule has 0 bridgehead atoms. The van der Waals surface area contributed by atoms with E-state index in [1.165, 1.54) is 18.2 Å². The first-order valence-corrected chi connectivity index (χ1v) is 6.96. The van der Waals surface area contributed by atoms with E-state index in [-0.39, 0.29) is 10.6 Å². The molecule has 0 fully saturated rings. The lowest BCUT2D eigenvalue weighted by atomic mass is 10.1. The summed E-state index contributed by atoms with van der Waals surface area (Å²) in [5, 5.41) is 12.8. The lowest BCUT2D eigenvalue weighted by Crippen LogP contribution is -2.34. The van der Waals surface area contributed by atoms with Crippen LogP contribution in [-0.4, -0.2) is 17.1 Å². The number of halogens is 2. The Labute approximate surface area is 126 Å². The van der Waals surface area contributed by atoms with Crippen LogP contribution in [-0.2, 0) is 6.42 Å². The number of fused-ring (bicyclic) bond motifs is 1. The standard InChI is InChI=1S/C16H13ClFNO2/c17-11-6-3-7-12(18)14(11)16(21)19-15-10-5-2-1-4-9(10)8-13(15)20/h1-7,13,15,20H,8H2,(H,19,21)/t13-,15+/m1/s1. The first kappa shape index (κ1) is 14.0. The lowest BCUT2D eigenvalue weighted by Gasteiger charge is -2.18. The molecule has 0 saturated heterocycles. The van der Waals surface area contributed by atoms with Crippen molar-refractivity contribution in [2.75, 3.05) is 0 Å². The molecule has 0 radical (unpaired) electrons. The minimum Gasteiger partial charge on any atom is -0.390 e. The topological polar surface area (TPSA) is 49.3 Å². The van der Waals surface area contributed by atoms with E-state index in [9.17, 15) is 14.3 Å². The number of aliphatic hydroxyl groups excluding tert-OH is 1. The minimum absolute atomic E-state index is 0.0493. The highest BCUT2D eigenvalue weighted by atomic mass is 35.5. The van der Waals surface area contributed by atoms with Crippen LogP contribution in [0.2, 0.25) is 5.02 Å². The van der Waals surface area contributed by atoms with Gasteiger partial charge in [0.1, 0.15) is 5.82 Å². The zero-order valence-electron chi connectivity index (χ0n) is 11.0. The summed E-state index contributed by atoms with van der Waals surface area (Å²) in [5.74, 6) is -1.31. The van der Waals surface area contributed by atoms with Crippen LogP contribution in [0.25, 0.3) is 0 Å². The number of hydrogen-bond donors (Lipinski definition) is 2. The molecular formula is C16H13ClFNO2. The van der Waals surface area contributed by atoms with Crippen molar-refractivity contribution < 1.29 is 14.3 Å². The quantitative estimate of drug-likeness (QED) is 0.896. The normalized spacial score (nSPS) is 20.1. The Morgan fingerprint density at radius 1 is 1.24 bits per heavy atom. The molecule has 1 aliphatic carbocycles. The van der Waals surface area contributed by atoms with E-state index >= 15 is 0 Å². The summed E-state index contributed by atoms with van der Waals surface area (Å²) < 4.78 is 13.8. The van der Waals surface area contributed by atoms with Gasteiger partial charge in [-0.25, -0.2) is 4.39 Å². The second-order valence-electron chi connectivity index (χ2n) is 5.02. The van der Waals surface area contributed by atoms with Gasteiger partial charge in [-0.3, -0.25) is 4.79 Å². The number of hydrogen-bond acceptors (Lipinski definition) is 2. The van der Waals surface area contributed by atoms with Crippen LogP contribution in [0.1, 0.15) is 27.5 Å². The van der Waals surface area contributed by atoms with E-state index < -0.39 is 23.9 Å². The van der Waals surface area contributed by atoms with Crippen LogP contribution in [0.3, 0.4) is 0 Å². The molecule has 2 N–H and O–H groups in total. The van der Waals surface area contributed by atoms with Gasteiger partial charge in [-0.2, -0.15) is 0 Å². The van der Waals surface area contributed by atoms with Crippen LogP contribution in [0.15, 0.2) is 42.5 Å². The van der Waals surface area contributed by atoms with Gasteiger partial charge in [0, 0.05) is 6.42 Å². The Bertz CT molecular complexity index is 684. The van der Waals surface area contributed by atoms with Crippen LogP contribution in [0.5, 0.6) is 0 Å². The third-order valence-electron chi connectivity index (χ3n) is 3.68. The zero-order valence-corrected chi connectivity index (χ0v) is 11.8. The third-order valence-corrected chi connectivity index (χ3v) is 4.00. The summed E-state index contributed by atoms with van der Waals surface area (Å²) in [6, 6.07) is 11.0. The number of carbonyl (C=O) groups excluding carboxylic acids is 1. The van der Waals surface area contributed by atoms with Crippen molar-refractivity contribution in [3.63, 3.8) is 0 Å². The van der Waals surface area contributed by atoms with Gasteiger partial charge >= 0.3 is 0 Å². The number of rotatable bonds is 2. The Kier molecular flexibility index (Phi) is 3.66. The Balaban J connectivity index is 1.89. The van der Waals surface area contributed by atoms with Gasteiger partial charge in [0.25, 0.3) is 5.91 Å². The molecule has 1 amide bonds. The molecule has 1 aliphatic rings. The molecule has 0 spiro atoms. The molecule has 2 atom stereocenters. The Hall–Kier alpha value is -1.91. The number of benzene rings is 2. The molecule has 108 valence electrons. The highest BCUT2D eigenvalue weighted by molar-refractivity contribution is 6.33. The molecule has 21 heavy (non-hydrogen) atoms. The smallest absolute Gasteiger partial charge is 0.256 e. The van der Waals surface area contributed by atoms with Gasteiger partial charge in [-0.15, -0.1) is 0 Å². The predicted octanol–water partition coefficient (Wildman–Crippen LogP) is 2.87. The number of amides is 1. The molecular weight excluding hydrogens is 293 g/mol. The van der Waals surface area contributed by atoms with Gasteiger partial charge in [-0.1, -0.05) is 41.9 Å². The van der Waals surface area contributed by atoms with Gasteiger partial charge in [0.2, 0.25) is 0 Å². The number of nitrogens with one attached hydrogen (secondary N) is 1. The van der Waals surface area contributed by atoms with E-state index in [0.29, 0.717) is 6.42 Å². The molecule has 3 rings (SSSR count). The van der Waals surface area contributed by atoms with Crippen molar-refractivity contribution in [3.8, 4) is 0 Å². The largest absolute Gasteiger partial charge is 0.390 e. The van der Waals surface area contributed by atoms with Crippen molar-refractivity contribution >= 4 is 17.5 Å². The summed E-state index contributed by atoms with van der Waals surface area (Å²) in [5.41, 5.74) is 1.64. The van der Waals surface area contributed by atoms with Crippen molar-refractivity contribution in [2.45, 2.75) is 18.6 Å². The fraction of sp³-hybridized carbons (Fsp3) is 0.188. The predicted molar refractivity (Wildman–Crippen MR) is 77.8 cm³/mol. The second kappa shape index (κ2) is 5.47. The first-order chi connectivity index (χ1) is 10.1. The molecule has 0 heterocycles. The molecule has 3 nitrogen and oxygen atoms in total. The van der Waals surface area contributed by atoms with Crippen molar-refractivity contribution in [1.29, 1.82) is 0 Å². The van der Waals surface area contributed by atoms with Gasteiger partial charge in [0.15, 0.2) is 0 Å². The summed E-state index contributed by atoms with van der Waals surface area (Å²) in [7, 11) is 0. The van der Waals surface area contributed by atoms with Crippen molar-refractivity contribution in [3.05, 3.63) is 70.0 Å². The minimum atomic E-state index is -0.725. The van der Waals surface area contributed by atoms with Crippen molar-refractivity contribution in [1.82, 2.24) is 5.32 Å². The molecule has 0 aliphatic heterocycles. The zero-order chi connectivity index (χ0) is 15.0. The SMILES string of the molecule is O=C(N[C@H]1c2ccccc2C[C@H]1O)c1c(F)cccc1Cl. The number of aliphatic hydroxyl groups is 1. The highest BCUT2D eigenvalue weighted by Gasteiger charge is 2.32. The van der Waals surface area contributed by atoms with E-state index in [1.807, 2.05) is 24.3 Å². The van der Waals surface area contributed by atoms with E-state index in [0.717, 1.165) is 11.1 Å². The fourth-order valence-corrected chi connectivity index (χ4v) is 2.92. The summed E-state index contributed by atoms with van der Waals surface area (Å²) in [6.07, 6.45) is -0.261. The molecule has 0 aromatic heterocycles. The summed E-state index contributed by atoms with van der Waals surface area (Å²) in [4.78, 5) is 12.3. The highest BCUT2D eigenvalue weighted by Crippen LogP contribution is 2.32. The first-order valence-electron chi connectivity index (χ1n) is 6.58. The molecule has 0 unspecified atom stereocenters. The average Bonchev–Trinajstić information content (AvgIpc) is 2.75. The lowest BCUT2D eigenvalue weighted by molar-refractivity contribution is 0.0854. The monoisotopic (exact) mass is 305 g/mol. The molecule has 2 aromatic rings. The average molecular weight is 306 g/mol. The molecule has 2 aromatic carbocycles. The fourth-order valence-electron chi connectivity index (χ4n) is 2.68. The van der Waals surface area contributed by atoms with E-state index in [2.05, 4.69) is 5.32 Å². The summed E-state index contributed by atoms with van der Waals surface area (Å²) in [6.45, 7) is 0.